The van der Waals surface area contributed by atoms with E-state index in [2.05, 4.69) is 15.3 Å². The summed E-state index contributed by atoms with van der Waals surface area (Å²) in [6.07, 6.45) is -0.831. The van der Waals surface area contributed by atoms with Gasteiger partial charge in [-0.25, -0.2) is 9.97 Å². The second kappa shape index (κ2) is 5.27. The Hall–Kier alpha value is -1.43. The summed E-state index contributed by atoms with van der Waals surface area (Å²) in [6, 6.07) is 7.42. The number of aliphatic hydroxyl groups excluding tert-OH is 2. The third kappa shape index (κ3) is 2.82. The molecule has 17 heavy (non-hydrogen) atoms. The smallest absolute Gasteiger partial charge is 0.224 e. The Labute approximate surface area is 103 Å². The van der Waals surface area contributed by atoms with E-state index < -0.39 is 6.10 Å². The Bertz CT molecular complexity index is 521. The molecule has 90 valence electrons. The van der Waals surface area contributed by atoms with Crippen molar-refractivity contribution in [3.05, 3.63) is 29.5 Å². The van der Waals surface area contributed by atoms with Crippen molar-refractivity contribution in [2.24, 2.45) is 0 Å². The lowest BCUT2D eigenvalue weighted by atomic mass is 10.2. The number of fused-ring (bicyclic) bond motifs is 1. The van der Waals surface area contributed by atoms with Crippen LogP contribution in [0.2, 0.25) is 5.28 Å². The first kappa shape index (κ1) is 12.0. The second-order valence-electron chi connectivity index (χ2n) is 3.58. The number of aliphatic hydroxyl groups is 2. The van der Waals surface area contributed by atoms with Gasteiger partial charge in [-0.1, -0.05) is 12.1 Å². The van der Waals surface area contributed by atoms with Gasteiger partial charge in [-0.05, 0) is 23.7 Å². The molecule has 5 nitrogen and oxygen atoms in total. The maximum absolute atomic E-state index is 9.27. The minimum absolute atomic E-state index is 0.143. The van der Waals surface area contributed by atoms with Crippen molar-refractivity contribution in [3.63, 3.8) is 0 Å². The summed E-state index contributed by atoms with van der Waals surface area (Å²) in [4.78, 5) is 8.14. The summed E-state index contributed by atoms with van der Waals surface area (Å²) in [5.41, 5.74) is 0.730. The number of nitrogens with one attached hydrogen (secondary N) is 1. The first-order valence-corrected chi connectivity index (χ1v) is 5.53. The largest absolute Gasteiger partial charge is 0.394 e. The summed E-state index contributed by atoms with van der Waals surface area (Å²) < 4.78 is 0. The monoisotopic (exact) mass is 253 g/mol. The molecule has 0 radical (unpaired) electrons. The van der Waals surface area contributed by atoms with Gasteiger partial charge in [0.1, 0.15) is 5.82 Å². The molecule has 0 saturated heterocycles. The molecule has 0 bridgehead atoms. The Kier molecular flexibility index (Phi) is 3.73. The third-order valence-electron chi connectivity index (χ3n) is 2.29. The van der Waals surface area contributed by atoms with Gasteiger partial charge in [0.2, 0.25) is 5.28 Å². The molecule has 6 heteroatoms. The lowest BCUT2D eigenvalue weighted by Crippen LogP contribution is -2.23. The molecule has 1 unspecified atom stereocenters. The molecule has 0 aliphatic carbocycles. The molecule has 0 aliphatic rings. The van der Waals surface area contributed by atoms with Crippen molar-refractivity contribution >= 4 is 28.3 Å². The molecule has 1 heterocycles. The highest BCUT2D eigenvalue weighted by Crippen LogP contribution is 2.21. The zero-order valence-corrected chi connectivity index (χ0v) is 9.72. The molecule has 3 N–H and O–H groups in total. The van der Waals surface area contributed by atoms with Crippen LogP contribution in [0.1, 0.15) is 0 Å². The van der Waals surface area contributed by atoms with Crippen molar-refractivity contribution < 1.29 is 10.2 Å². The van der Waals surface area contributed by atoms with Gasteiger partial charge in [0.15, 0.2) is 0 Å². The van der Waals surface area contributed by atoms with Crippen molar-refractivity contribution in [2.45, 2.75) is 6.10 Å². The summed E-state index contributed by atoms with van der Waals surface area (Å²) in [5.74, 6) is 0.549. The molecule has 2 aromatic rings. The van der Waals surface area contributed by atoms with E-state index in [0.717, 1.165) is 10.9 Å². The zero-order chi connectivity index (χ0) is 12.3. The minimum Gasteiger partial charge on any atom is -0.394 e. The molecule has 1 aromatic heterocycles. The van der Waals surface area contributed by atoms with Crippen molar-refractivity contribution in [1.29, 1.82) is 0 Å². The van der Waals surface area contributed by atoms with Crippen LogP contribution in [-0.4, -0.2) is 39.4 Å². The van der Waals surface area contributed by atoms with E-state index in [4.69, 9.17) is 16.7 Å². The lowest BCUT2D eigenvalue weighted by Gasteiger charge is -2.11. The number of para-hydroxylation sites is 1. The fourth-order valence-electron chi connectivity index (χ4n) is 1.46. The van der Waals surface area contributed by atoms with Gasteiger partial charge in [-0.2, -0.15) is 0 Å². The number of aromatic nitrogens is 2. The van der Waals surface area contributed by atoms with Crippen LogP contribution in [0.25, 0.3) is 10.9 Å². The third-order valence-corrected chi connectivity index (χ3v) is 2.46. The average molecular weight is 254 g/mol. The van der Waals surface area contributed by atoms with Crippen molar-refractivity contribution in [3.8, 4) is 0 Å². The van der Waals surface area contributed by atoms with Crippen molar-refractivity contribution in [1.82, 2.24) is 9.97 Å². The van der Waals surface area contributed by atoms with E-state index in [1.807, 2.05) is 24.3 Å². The maximum atomic E-state index is 9.27. The summed E-state index contributed by atoms with van der Waals surface area (Å²) in [7, 11) is 0. The highest BCUT2D eigenvalue weighted by atomic mass is 35.5. The number of halogens is 1. The van der Waals surface area contributed by atoms with Gasteiger partial charge in [-0.15, -0.1) is 0 Å². The number of nitrogens with zero attached hydrogens (tertiary/aromatic N) is 2. The Morgan fingerprint density at radius 2 is 2.06 bits per heavy atom. The lowest BCUT2D eigenvalue weighted by molar-refractivity contribution is 0.105. The molecule has 0 aliphatic heterocycles. The van der Waals surface area contributed by atoms with E-state index in [9.17, 15) is 5.11 Å². The Balaban J connectivity index is 2.32. The SMILES string of the molecule is OCC(O)CNc1nc(Cl)nc2ccccc12. The first-order chi connectivity index (χ1) is 8.20. The molecule has 0 amide bonds. The van der Waals surface area contributed by atoms with Crippen LogP contribution >= 0.6 is 11.6 Å². The predicted molar refractivity (Wildman–Crippen MR) is 66.1 cm³/mol. The van der Waals surface area contributed by atoms with Crippen LogP contribution < -0.4 is 5.32 Å². The number of benzene rings is 1. The zero-order valence-electron chi connectivity index (χ0n) is 8.97. The number of hydrogen-bond donors (Lipinski definition) is 3. The Morgan fingerprint density at radius 3 is 2.82 bits per heavy atom. The Morgan fingerprint density at radius 1 is 1.29 bits per heavy atom. The number of anilines is 1. The number of hydrogen-bond acceptors (Lipinski definition) is 5. The molecule has 0 fully saturated rings. The highest BCUT2D eigenvalue weighted by Gasteiger charge is 2.07. The van der Waals surface area contributed by atoms with E-state index in [1.165, 1.54) is 0 Å². The first-order valence-electron chi connectivity index (χ1n) is 5.16. The molecule has 0 spiro atoms. The fraction of sp³-hybridized carbons (Fsp3) is 0.273. The normalized spacial score (nSPS) is 12.6. The van der Waals surface area contributed by atoms with Gasteiger partial charge in [0.05, 0.1) is 18.2 Å². The quantitative estimate of drug-likeness (QED) is 0.710. The molecule has 2 rings (SSSR count). The van der Waals surface area contributed by atoms with Crippen LogP contribution in [0.3, 0.4) is 0 Å². The van der Waals surface area contributed by atoms with Gasteiger partial charge in [0.25, 0.3) is 0 Å². The predicted octanol–water partition coefficient (Wildman–Crippen LogP) is 1.05. The molecule has 0 saturated carbocycles. The van der Waals surface area contributed by atoms with Crippen LogP contribution in [0.15, 0.2) is 24.3 Å². The molecular weight excluding hydrogens is 242 g/mol. The molecular formula is C11H12ClN3O2. The standard InChI is InChI=1S/C11H12ClN3O2/c12-11-14-9-4-2-1-3-8(9)10(15-11)13-5-7(17)6-16/h1-4,7,16-17H,5-6H2,(H,13,14,15). The van der Waals surface area contributed by atoms with Crippen LogP contribution in [0.5, 0.6) is 0 Å². The van der Waals surface area contributed by atoms with Crippen molar-refractivity contribution in [2.75, 3.05) is 18.5 Å². The van der Waals surface area contributed by atoms with Gasteiger partial charge in [0, 0.05) is 11.9 Å². The number of rotatable bonds is 4. The summed E-state index contributed by atoms with van der Waals surface area (Å²) in [6.45, 7) is -0.0996. The van der Waals surface area contributed by atoms with Crippen LogP contribution in [-0.2, 0) is 0 Å². The molecule has 1 atom stereocenters. The second-order valence-corrected chi connectivity index (χ2v) is 3.91. The van der Waals surface area contributed by atoms with Gasteiger partial charge >= 0.3 is 0 Å². The van der Waals surface area contributed by atoms with E-state index in [-0.39, 0.29) is 18.4 Å². The van der Waals surface area contributed by atoms with E-state index in [0.29, 0.717) is 5.82 Å². The van der Waals surface area contributed by atoms with Crippen LogP contribution in [0.4, 0.5) is 5.82 Å². The van der Waals surface area contributed by atoms with Gasteiger partial charge < -0.3 is 15.5 Å². The van der Waals surface area contributed by atoms with Gasteiger partial charge in [-0.3, -0.25) is 0 Å². The maximum Gasteiger partial charge on any atom is 0.224 e. The topological polar surface area (TPSA) is 78.3 Å². The minimum atomic E-state index is -0.831. The average Bonchev–Trinajstić information content (AvgIpc) is 2.35. The summed E-state index contributed by atoms with van der Waals surface area (Å²) in [5, 5.41) is 21.9. The van der Waals surface area contributed by atoms with E-state index in [1.54, 1.807) is 0 Å². The fourth-order valence-corrected chi connectivity index (χ4v) is 1.64. The van der Waals surface area contributed by atoms with Crippen LogP contribution in [0, 0.1) is 0 Å². The summed E-state index contributed by atoms with van der Waals surface area (Å²) >= 11 is 5.80. The highest BCUT2D eigenvalue weighted by molar-refractivity contribution is 6.28. The van der Waals surface area contributed by atoms with E-state index >= 15 is 0 Å². The molecule has 1 aromatic carbocycles.